The Balaban J connectivity index is 2.30. The van der Waals surface area contributed by atoms with Crippen molar-refractivity contribution < 1.29 is 18.3 Å². The molecule has 0 radical (unpaired) electrons. The number of hydrogen-bond donors (Lipinski definition) is 1. The van der Waals surface area contributed by atoms with Crippen molar-refractivity contribution in [2.75, 3.05) is 19.8 Å². The number of rotatable bonds is 4. The number of benzene rings is 1. The van der Waals surface area contributed by atoms with Gasteiger partial charge in [0.1, 0.15) is 11.6 Å². The maximum atomic E-state index is 13.3. The molecule has 1 unspecified atom stereocenters. The summed E-state index contributed by atoms with van der Waals surface area (Å²) in [4.78, 5) is 0. The van der Waals surface area contributed by atoms with Crippen LogP contribution in [-0.2, 0) is 9.47 Å². The average molecular weight is 271 g/mol. The van der Waals surface area contributed by atoms with E-state index in [0.29, 0.717) is 38.2 Å². The van der Waals surface area contributed by atoms with Crippen LogP contribution in [0, 0.1) is 11.6 Å². The van der Waals surface area contributed by atoms with Crippen LogP contribution in [-0.4, -0.2) is 25.4 Å². The molecule has 2 rings (SSSR count). The van der Waals surface area contributed by atoms with Gasteiger partial charge in [-0.05, 0) is 24.6 Å². The summed E-state index contributed by atoms with van der Waals surface area (Å²) in [5.74, 6) is -1.24. The first kappa shape index (κ1) is 14.4. The molecule has 0 spiro atoms. The second-order valence-electron chi connectivity index (χ2n) is 4.79. The van der Waals surface area contributed by atoms with E-state index in [1.165, 1.54) is 12.1 Å². The second-order valence-corrected chi connectivity index (χ2v) is 4.79. The smallest absolute Gasteiger partial charge is 0.126 e. The van der Waals surface area contributed by atoms with Crippen molar-refractivity contribution in [1.82, 2.24) is 0 Å². The minimum atomic E-state index is -0.621. The summed E-state index contributed by atoms with van der Waals surface area (Å²) in [6, 6.07) is 2.81. The van der Waals surface area contributed by atoms with E-state index >= 15 is 0 Å². The van der Waals surface area contributed by atoms with Crippen molar-refractivity contribution in [1.29, 1.82) is 0 Å². The highest BCUT2D eigenvalue weighted by Crippen LogP contribution is 2.36. The van der Waals surface area contributed by atoms with Gasteiger partial charge in [0.25, 0.3) is 0 Å². The zero-order valence-corrected chi connectivity index (χ0v) is 11.0. The lowest BCUT2D eigenvalue weighted by Crippen LogP contribution is -2.48. The van der Waals surface area contributed by atoms with Crippen LogP contribution in [0.4, 0.5) is 8.78 Å². The SMILES string of the molecule is CCOC1(C(N)c2cc(F)cc(F)c2)CCOCC1. The summed E-state index contributed by atoms with van der Waals surface area (Å²) < 4.78 is 37.7. The number of halogens is 2. The third-order valence-electron chi connectivity index (χ3n) is 3.58. The zero-order chi connectivity index (χ0) is 13.9. The van der Waals surface area contributed by atoms with Crippen LogP contribution in [0.2, 0.25) is 0 Å². The van der Waals surface area contributed by atoms with E-state index in [9.17, 15) is 8.78 Å². The summed E-state index contributed by atoms with van der Waals surface area (Å²) in [6.07, 6.45) is 1.25. The predicted octanol–water partition coefficient (Wildman–Crippen LogP) is 2.55. The maximum Gasteiger partial charge on any atom is 0.126 e. The van der Waals surface area contributed by atoms with Gasteiger partial charge in [-0.25, -0.2) is 8.78 Å². The first-order chi connectivity index (χ1) is 9.07. The van der Waals surface area contributed by atoms with Gasteiger partial charge in [-0.1, -0.05) is 0 Å². The molecule has 1 aromatic carbocycles. The van der Waals surface area contributed by atoms with Crippen LogP contribution in [0.15, 0.2) is 18.2 Å². The van der Waals surface area contributed by atoms with Gasteiger partial charge in [-0.3, -0.25) is 0 Å². The Hall–Kier alpha value is -1.04. The van der Waals surface area contributed by atoms with Crippen molar-refractivity contribution in [3.8, 4) is 0 Å². The standard InChI is InChI=1S/C14H19F2NO2/c1-2-19-14(3-5-18-6-4-14)13(17)10-7-11(15)9-12(16)8-10/h7-9,13H,2-6,17H2,1H3. The quantitative estimate of drug-likeness (QED) is 0.915. The Morgan fingerprint density at radius 1 is 1.26 bits per heavy atom. The van der Waals surface area contributed by atoms with E-state index in [2.05, 4.69) is 0 Å². The molecule has 0 amide bonds. The Labute approximate surface area is 111 Å². The fourth-order valence-electron chi connectivity index (χ4n) is 2.61. The number of nitrogens with two attached hydrogens (primary N) is 1. The van der Waals surface area contributed by atoms with E-state index in [4.69, 9.17) is 15.2 Å². The van der Waals surface area contributed by atoms with Crippen LogP contribution >= 0.6 is 0 Å². The normalized spacial score (nSPS) is 20.2. The lowest BCUT2D eigenvalue weighted by molar-refractivity contribution is -0.121. The molecule has 3 nitrogen and oxygen atoms in total. The monoisotopic (exact) mass is 271 g/mol. The van der Waals surface area contributed by atoms with Crippen LogP contribution in [0.1, 0.15) is 31.4 Å². The highest BCUT2D eigenvalue weighted by Gasteiger charge is 2.40. The molecule has 1 aliphatic rings. The van der Waals surface area contributed by atoms with E-state index in [1.807, 2.05) is 6.92 Å². The fraction of sp³-hybridized carbons (Fsp3) is 0.571. The lowest BCUT2D eigenvalue weighted by atomic mass is 9.82. The van der Waals surface area contributed by atoms with E-state index in [0.717, 1.165) is 6.07 Å². The Morgan fingerprint density at radius 2 is 1.84 bits per heavy atom. The molecule has 1 saturated heterocycles. The molecule has 0 aromatic heterocycles. The van der Waals surface area contributed by atoms with Gasteiger partial charge < -0.3 is 15.2 Å². The van der Waals surface area contributed by atoms with Gasteiger partial charge in [0.15, 0.2) is 0 Å². The highest BCUT2D eigenvalue weighted by atomic mass is 19.1. The minimum absolute atomic E-state index is 0.424. The van der Waals surface area contributed by atoms with Crippen LogP contribution in [0.5, 0.6) is 0 Å². The summed E-state index contributed by atoms with van der Waals surface area (Å²) in [5.41, 5.74) is 6.03. The van der Waals surface area contributed by atoms with Gasteiger partial charge in [0.2, 0.25) is 0 Å². The third kappa shape index (κ3) is 3.11. The second kappa shape index (κ2) is 5.94. The summed E-state index contributed by atoms with van der Waals surface area (Å²) in [5, 5.41) is 0. The molecule has 1 aromatic rings. The summed E-state index contributed by atoms with van der Waals surface area (Å²) in [6.45, 7) is 3.48. The third-order valence-corrected chi connectivity index (χ3v) is 3.58. The molecule has 19 heavy (non-hydrogen) atoms. The summed E-state index contributed by atoms with van der Waals surface area (Å²) in [7, 11) is 0. The molecule has 2 N–H and O–H groups in total. The Morgan fingerprint density at radius 3 is 2.37 bits per heavy atom. The first-order valence-electron chi connectivity index (χ1n) is 6.51. The van der Waals surface area contributed by atoms with Gasteiger partial charge in [-0.15, -0.1) is 0 Å². The Bertz CT molecular complexity index is 408. The van der Waals surface area contributed by atoms with Gasteiger partial charge >= 0.3 is 0 Å². The molecule has 1 atom stereocenters. The van der Waals surface area contributed by atoms with Crippen molar-refractivity contribution in [2.45, 2.75) is 31.4 Å². The van der Waals surface area contributed by atoms with Gasteiger partial charge in [0, 0.05) is 38.7 Å². The summed E-state index contributed by atoms with van der Waals surface area (Å²) >= 11 is 0. The molecule has 1 heterocycles. The number of ether oxygens (including phenoxy) is 2. The molecule has 1 fully saturated rings. The Kier molecular flexibility index (Phi) is 4.50. The molecule has 0 bridgehead atoms. The average Bonchev–Trinajstić information content (AvgIpc) is 2.38. The highest BCUT2D eigenvalue weighted by molar-refractivity contribution is 5.24. The van der Waals surface area contributed by atoms with E-state index < -0.39 is 23.3 Å². The van der Waals surface area contributed by atoms with Gasteiger partial charge in [-0.2, -0.15) is 0 Å². The maximum absolute atomic E-state index is 13.3. The molecule has 0 aliphatic carbocycles. The molecular weight excluding hydrogens is 252 g/mol. The van der Waals surface area contributed by atoms with Crippen LogP contribution in [0.3, 0.4) is 0 Å². The molecule has 0 saturated carbocycles. The predicted molar refractivity (Wildman–Crippen MR) is 67.7 cm³/mol. The van der Waals surface area contributed by atoms with Crippen molar-refractivity contribution in [3.05, 3.63) is 35.4 Å². The lowest BCUT2D eigenvalue weighted by Gasteiger charge is -2.41. The molecular formula is C14H19F2NO2. The first-order valence-corrected chi connectivity index (χ1v) is 6.51. The van der Waals surface area contributed by atoms with E-state index in [-0.39, 0.29) is 0 Å². The van der Waals surface area contributed by atoms with E-state index in [1.54, 1.807) is 0 Å². The fourth-order valence-corrected chi connectivity index (χ4v) is 2.61. The van der Waals surface area contributed by atoms with Crippen molar-refractivity contribution in [2.24, 2.45) is 5.73 Å². The van der Waals surface area contributed by atoms with Gasteiger partial charge in [0.05, 0.1) is 11.6 Å². The largest absolute Gasteiger partial charge is 0.381 e. The zero-order valence-electron chi connectivity index (χ0n) is 11.0. The molecule has 1 aliphatic heterocycles. The minimum Gasteiger partial charge on any atom is -0.381 e. The van der Waals surface area contributed by atoms with Crippen LogP contribution < -0.4 is 5.73 Å². The van der Waals surface area contributed by atoms with Crippen molar-refractivity contribution >= 4 is 0 Å². The molecule has 5 heteroatoms. The topological polar surface area (TPSA) is 44.5 Å². The molecule has 106 valence electrons. The van der Waals surface area contributed by atoms with Crippen LogP contribution in [0.25, 0.3) is 0 Å². The number of hydrogen-bond acceptors (Lipinski definition) is 3. The van der Waals surface area contributed by atoms with Crippen molar-refractivity contribution in [3.63, 3.8) is 0 Å².